The molecule has 0 spiro atoms. The van der Waals surface area contributed by atoms with Gasteiger partial charge in [-0.1, -0.05) is 27.7 Å². The summed E-state index contributed by atoms with van der Waals surface area (Å²) in [4.78, 5) is 0. The van der Waals surface area contributed by atoms with Crippen LogP contribution in [0.15, 0.2) is 12.1 Å². The Morgan fingerprint density at radius 1 is 1.10 bits per heavy atom. The Hall–Kier alpha value is -1.24. The van der Waals surface area contributed by atoms with Crippen molar-refractivity contribution < 1.29 is 4.74 Å². The van der Waals surface area contributed by atoms with Gasteiger partial charge in [0.15, 0.2) is 0 Å². The number of halogens is 1. The zero-order chi connectivity index (χ0) is 15.3. The Balaban J connectivity index is 0.00000220. The zero-order valence-electron chi connectivity index (χ0n) is 13.7. The summed E-state index contributed by atoms with van der Waals surface area (Å²) in [6.45, 7) is 12.5. The van der Waals surface area contributed by atoms with Crippen molar-refractivity contribution in [1.29, 1.82) is 5.26 Å². The van der Waals surface area contributed by atoms with Crippen LogP contribution in [0.5, 0.6) is 5.75 Å². The molecule has 0 aromatic heterocycles. The molecule has 1 aliphatic rings. The Bertz CT molecular complexity index is 548. The first kappa shape index (κ1) is 17.8. The van der Waals surface area contributed by atoms with Gasteiger partial charge in [-0.25, -0.2) is 0 Å². The molecule has 2 N–H and O–H groups in total. The van der Waals surface area contributed by atoms with Crippen LogP contribution in [0.4, 0.5) is 0 Å². The molecule has 0 unspecified atom stereocenters. The Morgan fingerprint density at radius 3 is 1.90 bits per heavy atom. The lowest BCUT2D eigenvalue weighted by Gasteiger charge is -2.61. The van der Waals surface area contributed by atoms with Crippen LogP contribution in [0.3, 0.4) is 0 Å². The number of benzene rings is 1. The zero-order valence-corrected chi connectivity index (χ0v) is 14.5. The van der Waals surface area contributed by atoms with E-state index < -0.39 is 0 Å². The minimum Gasteiger partial charge on any atom is -0.489 e. The lowest BCUT2D eigenvalue weighted by molar-refractivity contribution is -0.155. The Labute approximate surface area is 133 Å². The second kappa shape index (κ2) is 5.51. The topological polar surface area (TPSA) is 59.0 Å². The quantitative estimate of drug-likeness (QED) is 0.905. The SMILES string of the molecule is Cc1cc(OC2C(C)(C)C(N)C2(C)C)cc(C)c1C#N.Cl. The van der Waals surface area contributed by atoms with Crippen LogP contribution in [-0.4, -0.2) is 12.1 Å². The highest BCUT2D eigenvalue weighted by Gasteiger charge is 2.61. The van der Waals surface area contributed by atoms with Crippen LogP contribution < -0.4 is 10.5 Å². The lowest BCUT2D eigenvalue weighted by atomic mass is 9.50. The Morgan fingerprint density at radius 2 is 1.52 bits per heavy atom. The van der Waals surface area contributed by atoms with Crippen molar-refractivity contribution in [3.8, 4) is 11.8 Å². The number of nitriles is 1. The third-order valence-electron chi connectivity index (χ3n) is 4.83. The molecular weight excluding hydrogens is 284 g/mol. The van der Waals surface area contributed by atoms with E-state index in [0.717, 1.165) is 22.4 Å². The van der Waals surface area contributed by atoms with Crippen LogP contribution in [-0.2, 0) is 0 Å². The number of hydrogen-bond donors (Lipinski definition) is 1. The first-order chi connectivity index (χ1) is 9.12. The summed E-state index contributed by atoms with van der Waals surface area (Å²) < 4.78 is 6.22. The normalized spacial score (nSPS) is 25.2. The minimum absolute atomic E-state index is 0. The number of rotatable bonds is 2. The largest absolute Gasteiger partial charge is 0.489 e. The highest BCUT2D eigenvalue weighted by atomic mass is 35.5. The molecule has 3 nitrogen and oxygen atoms in total. The van der Waals surface area contributed by atoms with Crippen molar-refractivity contribution in [1.82, 2.24) is 0 Å². The van der Waals surface area contributed by atoms with E-state index in [1.54, 1.807) is 0 Å². The van der Waals surface area contributed by atoms with Crippen molar-refractivity contribution in [3.05, 3.63) is 28.8 Å². The van der Waals surface area contributed by atoms with Crippen molar-refractivity contribution in [3.63, 3.8) is 0 Å². The van der Waals surface area contributed by atoms with Gasteiger partial charge in [0.1, 0.15) is 11.9 Å². The van der Waals surface area contributed by atoms with Crippen molar-refractivity contribution in [2.45, 2.75) is 53.7 Å². The van der Waals surface area contributed by atoms with Crippen molar-refractivity contribution >= 4 is 12.4 Å². The maximum Gasteiger partial charge on any atom is 0.120 e. The van der Waals surface area contributed by atoms with Crippen molar-refractivity contribution in [2.24, 2.45) is 16.6 Å². The summed E-state index contributed by atoms with van der Waals surface area (Å²) in [5, 5.41) is 9.12. The summed E-state index contributed by atoms with van der Waals surface area (Å²) in [5.41, 5.74) is 8.83. The molecule has 1 aliphatic carbocycles. The monoisotopic (exact) mass is 308 g/mol. The van der Waals surface area contributed by atoms with Gasteiger partial charge in [0.2, 0.25) is 0 Å². The molecule has 0 saturated heterocycles. The molecular formula is C17H25ClN2O. The lowest BCUT2D eigenvalue weighted by Crippen LogP contribution is -2.72. The molecule has 116 valence electrons. The summed E-state index contributed by atoms with van der Waals surface area (Å²) in [7, 11) is 0. The molecule has 0 aliphatic heterocycles. The van der Waals surface area contributed by atoms with Crippen LogP contribution in [0.2, 0.25) is 0 Å². The summed E-state index contributed by atoms with van der Waals surface area (Å²) in [5.74, 6) is 0.831. The molecule has 4 heteroatoms. The molecule has 1 fully saturated rings. The number of nitrogens with two attached hydrogens (primary N) is 1. The van der Waals surface area contributed by atoms with Crippen molar-refractivity contribution in [2.75, 3.05) is 0 Å². The number of hydrogen-bond acceptors (Lipinski definition) is 3. The van der Waals surface area contributed by atoms with Gasteiger partial charge in [-0.05, 0) is 37.1 Å². The van der Waals surface area contributed by atoms with Gasteiger partial charge in [0.05, 0.1) is 11.6 Å². The first-order valence-corrected chi connectivity index (χ1v) is 7.06. The number of nitrogens with zero attached hydrogens (tertiary/aromatic N) is 1. The minimum atomic E-state index is -0.0425. The predicted molar refractivity (Wildman–Crippen MR) is 87.8 cm³/mol. The third kappa shape index (κ3) is 2.63. The van der Waals surface area contributed by atoms with E-state index in [9.17, 15) is 0 Å². The fourth-order valence-corrected chi connectivity index (χ4v) is 3.76. The van der Waals surface area contributed by atoms with E-state index in [2.05, 4.69) is 33.8 Å². The summed E-state index contributed by atoms with van der Waals surface area (Å²) in [6.07, 6.45) is 0.0803. The first-order valence-electron chi connectivity index (χ1n) is 7.06. The van der Waals surface area contributed by atoms with E-state index in [0.29, 0.717) is 0 Å². The second-order valence-corrected chi connectivity index (χ2v) is 7.16. The molecule has 0 heterocycles. The van der Waals surface area contributed by atoms with E-state index in [4.69, 9.17) is 15.7 Å². The highest BCUT2D eigenvalue weighted by Crippen LogP contribution is 2.54. The summed E-state index contributed by atoms with van der Waals surface area (Å²) >= 11 is 0. The van der Waals surface area contributed by atoms with E-state index in [1.807, 2.05) is 26.0 Å². The van der Waals surface area contributed by atoms with Crippen LogP contribution in [0, 0.1) is 36.0 Å². The fourth-order valence-electron chi connectivity index (χ4n) is 3.76. The smallest absolute Gasteiger partial charge is 0.120 e. The van der Waals surface area contributed by atoms with Gasteiger partial charge in [-0.3, -0.25) is 0 Å². The molecule has 0 radical (unpaired) electrons. The second-order valence-electron chi connectivity index (χ2n) is 7.16. The third-order valence-corrected chi connectivity index (χ3v) is 4.83. The maximum atomic E-state index is 9.12. The van der Waals surface area contributed by atoms with Crippen LogP contribution >= 0.6 is 12.4 Å². The van der Waals surface area contributed by atoms with Gasteiger partial charge >= 0.3 is 0 Å². The molecule has 0 bridgehead atoms. The van der Waals surface area contributed by atoms with Gasteiger partial charge in [0, 0.05) is 16.9 Å². The molecule has 1 aromatic carbocycles. The molecule has 21 heavy (non-hydrogen) atoms. The maximum absolute atomic E-state index is 9.12. The average molecular weight is 309 g/mol. The average Bonchev–Trinajstić information content (AvgIpc) is 2.34. The van der Waals surface area contributed by atoms with Gasteiger partial charge in [-0.15, -0.1) is 12.4 Å². The van der Waals surface area contributed by atoms with E-state index in [-0.39, 0.29) is 35.4 Å². The van der Waals surface area contributed by atoms with E-state index >= 15 is 0 Å². The number of aryl methyl sites for hydroxylation is 2. The van der Waals surface area contributed by atoms with Gasteiger partial charge in [-0.2, -0.15) is 5.26 Å². The van der Waals surface area contributed by atoms with Gasteiger partial charge in [0.25, 0.3) is 0 Å². The highest BCUT2D eigenvalue weighted by molar-refractivity contribution is 5.85. The Kier molecular flexibility index (Phi) is 4.68. The van der Waals surface area contributed by atoms with Crippen LogP contribution in [0.1, 0.15) is 44.4 Å². The number of ether oxygens (including phenoxy) is 1. The van der Waals surface area contributed by atoms with E-state index in [1.165, 1.54) is 0 Å². The molecule has 1 aromatic rings. The fraction of sp³-hybridized carbons (Fsp3) is 0.588. The van der Waals surface area contributed by atoms with Gasteiger partial charge < -0.3 is 10.5 Å². The van der Waals surface area contributed by atoms with Crippen LogP contribution in [0.25, 0.3) is 0 Å². The molecule has 2 rings (SSSR count). The standard InChI is InChI=1S/C17H24N2O.ClH/c1-10-7-12(8-11(2)13(10)9-18)20-15-16(3,4)14(19)17(15,5)6;/h7-8,14-15H,19H2,1-6H3;1H. The molecule has 1 saturated carbocycles. The summed E-state index contributed by atoms with van der Waals surface area (Å²) in [6, 6.07) is 6.25. The predicted octanol–water partition coefficient (Wildman–Crippen LogP) is 3.74. The molecule has 0 amide bonds. The molecule has 0 atom stereocenters.